The van der Waals surface area contributed by atoms with Crippen LogP contribution >= 0.6 is 0 Å². The van der Waals surface area contributed by atoms with E-state index >= 15 is 0 Å². The Kier molecular flexibility index (Phi) is 2.85. The van der Waals surface area contributed by atoms with Crippen LogP contribution in [0.15, 0.2) is 18.2 Å². The van der Waals surface area contributed by atoms with E-state index in [1.807, 2.05) is 26.0 Å². The van der Waals surface area contributed by atoms with Crippen molar-refractivity contribution in [1.82, 2.24) is 5.32 Å². The van der Waals surface area contributed by atoms with Gasteiger partial charge in [-0.25, -0.2) is 0 Å². The van der Waals surface area contributed by atoms with E-state index in [9.17, 15) is 4.79 Å². The number of benzene rings is 1. The number of nitrogens with one attached hydrogen (secondary N) is 1. The molecule has 1 aliphatic rings. The molecule has 0 aromatic heterocycles. The maximum Gasteiger partial charge on any atom is 0.170 e. The maximum absolute atomic E-state index is 12.5. The Bertz CT molecular complexity index is 417. The molecule has 0 spiro atoms. The van der Waals surface area contributed by atoms with Crippen molar-refractivity contribution in [2.24, 2.45) is 5.41 Å². The Morgan fingerprint density at radius 1 is 1.38 bits per heavy atom. The van der Waals surface area contributed by atoms with Crippen LogP contribution in [0, 0.1) is 19.3 Å². The highest BCUT2D eigenvalue weighted by Gasteiger charge is 2.37. The first-order chi connectivity index (χ1) is 7.53. The van der Waals surface area contributed by atoms with Crippen LogP contribution in [-0.4, -0.2) is 18.9 Å². The van der Waals surface area contributed by atoms with Crippen LogP contribution < -0.4 is 5.32 Å². The average Bonchev–Trinajstić information content (AvgIpc) is 2.69. The zero-order chi connectivity index (χ0) is 11.8. The van der Waals surface area contributed by atoms with Crippen LogP contribution in [0.4, 0.5) is 0 Å². The lowest BCUT2D eigenvalue weighted by molar-refractivity contribution is 0.0838. The Balaban J connectivity index is 2.36. The summed E-state index contributed by atoms with van der Waals surface area (Å²) in [5, 5.41) is 3.28. The van der Waals surface area contributed by atoms with E-state index < -0.39 is 0 Å². The van der Waals surface area contributed by atoms with E-state index in [2.05, 4.69) is 18.3 Å². The van der Waals surface area contributed by atoms with Crippen LogP contribution in [0.25, 0.3) is 0 Å². The van der Waals surface area contributed by atoms with Crippen LogP contribution in [-0.2, 0) is 0 Å². The van der Waals surface area contributed by atoms with Gasteiger partial charge >= 0.3 is 0 Å². The van der Waals surface area contributed by atoms with Crippen molar-refractivity contribution in [2.75, 3.05) is 13.1 Å². The van der Waals surface area contributed by atoms with Gasteiger partial charge in [0.2, 0.25) is 0 Å². The lowest BCUT2D eigenvalue weighted by Crippen LogP contribution is -2.30. The molecule has 1 aliphatic heterocycles. The number of rotatable bonds is 2. The van der Waals surface area contributed by atoms with Crippen LogP contribution in [0.2, 0.25) is 0 Å². The van der Waals surface area contributed by atoms with E-state index in [-0.39, 0.29) is 5.41 Å². The molecule has 0 bridgehead atoms. The molecule has 2 rings (SSSR count). The van der Waals surface area contributed by atoms with E-state index in [0.29, 0.717) is 5.78 Å². The van der Waals surface area contributed by atoms with Gasteiger partial charge in [-0.05, 0) is 38.4 Å². The fourth-order valence-corrected chi connectivity index (χ4v) is 2.32. The van der Waals surface area contributed by atoms with Gasteiger partial charge in [0, 0.05) is 17.5 Å². The Morgan fingerprint density at radius 3 is 2.75 bits per heavy atom. The summed E-state index contributed by atoms with van der Waals surface area (Å²) in [5.74, 6) is 0.290. The van der Waals surface area contributed by atoms with Gasteiger partial charge in [-0.15, -0.1) is 0 Å². The molecular weight excluding hydrogens is 198 g/mol. The van der Waals surface area contributed by atoms with Gasteiger partial charge < -0.3 is 5.32 Å². The third-order valence-electron chi connectivity index (χ3n) is 3.55. The largest absolute Gasteiger partial charge is 0.316 e. The van der Waals surface area contributed by atoms with Crippen molar-refractivity contribution >= 4 is 5.78 Å². The van der Waals surface area contributed by atoms with Crippen molar-refractivity contribution in [3.05, 3.63) is 34.9 Å². The second-order valence-electron chi connectivity index (χ2n) is 5.13. The van der Waals surface area contributed by atoms with E-state index in [4.69, 9.17) is 0 Å². The van der Waals surface area contributed by atoms with Crippen molar-refractivity contribution in [3.8, 4) is 0 Å². The van der Waals surface area contributed by atoms with Crippen LogP contribution in [0.5, 0.6) is 0 Å². The zero-order valence-corrected chi connectivity index (χ0v) is 10.3. The molecule has 0 amide bonds. The Morgan fingerprint density at radius 2 is 2.12 bits per heavy atom. The minimum absolute atomic E-state index is 0.210. The molecule has 2 heteroatoms. The lowest BCUT2D eigenvalue weighted by Gasteiger charge is -2.22. The molecule has 1 fully saturated rings. The SMILES string of the molecule is Cc1ccc(C)c(C(=O)C2(C)CCNC2)c1. The predicted octanol–water partition coefficient (Wildman–Crippen LogP) is 2.49. The maximum atomic E-state index is 12.5. The van der Waals surface area contributed by atoms with Gasteiger partial charge in [-0.1, -0.05) is 24.6 Å². The van der Waals surface area contributed by atoms with Crippen molar-refractivity contribution < 1.29 is 4.79 Å². The Labute approximate surface area is 97.1 Å². The van der Waals surface area contributed by atoms with Crippen molar-refractivity contribution in [1.29, 1.82) is 0 Å². The summed E-state index contributed by atoms with van der Waals surface area (Å²) in [5.41, 5.74) is 2.93. The molecule has 1 aromatic rings. The number of hydrogen-bond donors (Lipinski definition) is 1. The molecule has 0 saturated carbocycles. The molecule has 1 unspecified atom stereocenters. The molecule has 1 saturated heterocycles. The number of Topliss-reactive ketones (excluding diaryl/α,β-unsaturated/α-hetero) is 1. The minimum atomic E-state index is -0.210. The molecule has 16 heavy (non-hydrogen) atoms. The fraction of sp³-hybridized carbons (Fsp3) is 0.500. The highest BCUT2D eigenvalue weighted by molar-refractivity contribution is 6.02. The summed E-state index contributed by atoms with van der Waals surface area (Å²) in [6.45, 7) is 7.87. The molecule has 1 heterocycles. The average molecular weight is 217 g/mol. The standard InChI is InChI=1S/C14H19NO/c1-10-4-5-11(2)12(8-10)13(16)14(3)6-7-15-9-14/h4-5,8,15H,6-7,9H2,1-3H3. The smallest absolute Gasteiger partial charge is 0.170 e. The van der Waals surface area contributed by atoms with Crippen LogP contribution in [0.1, 0.15) is 34.8 Å². The second-order valence-corrected chi connectivity index (χ2v) is 5.13. The minimum Gasteiger partial charge on any atom is -0.316 e. The normalized spacial score (nSPS) is 24.7. The zero-order valence-electron chi connectivity index (χ0n) is 10.3. The van der Waals surface area contributed by atoms with Gasteiger partial charge in [-0.2, -0.15) is 0 Å². The summed E-state index contributed by atoms with van der Waals surface area (Å²) in [4.78, 5) is 12.5. The first kappa shape index (κ1) is 11.3. The molecule has 2 nitrogen and oxygen atoms in total. The van der Waals surface area contributed by atoms with Gasteiger partial charge in [0.05, 0.1) is 0 Å². The number of carbonyl (C=O) groups is 1. The first-order valence-corrected chi connectivity index (χ1v) is 5.86. The van der Waals surface area contributed by atoms with Gasteiger partial charge in [-0.3, -0.25) is 4.79 Å². The molecular formula is C14H19NO. The molecule has 1 N–H and O–H groups in total. The number of hydrogen-bond acceptors (Lipinski definition) is 2. The topological polar surface area (TPSA) is 29.1 Å². The fourth-order valence-electron chi connectivity index (χ4n) is 2.32. The highest BCUT2D eigenvalue weighted by atomic mass is 16.1. The monoisotopic (exact) mass is 217 g/mol. The molecule has 1 aromatic carbocycles. The molecule has 1 atom stereocenters. The summed E-state index contributed by atoms with van der Waals surface area (Å²) < 4.78 is 0. The number of aryl methyl sites for hydroxylation is 2. The van der Waals surface area contributed by atoms with Gasteiger partial charge in [0.25, 0.3) is 0 Å². The van der Waals surface area contributed by atoms with Crippen molar-refractivity contribution in [3.63, 3.8) is 0 Å². The molecule has 0 radical (unpaired) electrons. The van der Waals surface area contributed by atoms with Crippen LogP contribution in [0.3, 0.4) is 0 Å². The summed E-state index contributed by atoms with van der Waals surface area (Å²) in [6.07, 6.45) is 0.944. The van der Waals surface area contributed by atoms with Crippen molar-refractivity contribution in [2.45, 2.75) is 27.2 Å². The van der Waals surface area contributed by atoms with E-state index in [1.165, 1.54) is 0 Å². The highest BCUT2D eigenvalue weighted by Crippen LogP contribution is 2.30. The third kappa shape index (κ3) is 1.90. The number of carbonyl (C=O) groups excluding carboxylic acids is 1. The second kappa shape index (κ2) is 4.02. The van der Waals surface area contributed by atoms with Gasteiger partial charge in [0.15, 0.2) is 5.78 Å². The van der Waals surface area contributed by atoms with E-state index in [1.54, 1.807) is 0 Å². The lowest BCUT2D eigenvalue weighted by atomic mass is 9.80. The van der Waals surface area contributed by atoms with Gasteiger partial charge in [0.1, 0.15) is 0 Å². The summed E-state index contributed by atoms with van der Waals surface area (Å²) in [6, 6.07) is 6.11. The first-order valence-electron chi connectivity index (χ1n) is 5.86. The quantitative estimate of drug-likeness (QED) is 0.771. The number of ketones is 1. The van der Waals surface area contributed by atoms with E-state index in [0.717, 1.165) is 36.2 Å². The molecule has 86 valence electrons. The summed E-state index contributed by atoms with van der Waals surface area (Å²) in [7, 11) is 0. The third-order valence-corrected chi connectivity index (χ3v) is 3.55. The predicted molar refractivity (Wildman–Crippen MR) is 65.8 cm³/mol. The molecule has 0 aliphatic carbocycles. The Hall–Kier alpha value is -1.15. The summed E-state index contributed by atoms with van der Waals surface area (Å²) >= 11 is 0.